The first-order valence-electron chi connectivity index (χ1n) is 6.81. The third-order valence-corrected chi connectivity index (χ3v) is 3.48. The van der Waals surface area contributed by atoms with Crippen molar-refractivity contribution in [2.75, 3.05) is 0 Å². The summed E-state index contributed by atoms with van der Waals surface area (Å²) in [6.07, 6.45) is 11.3. The molecule has 1 atom stereocenters. The first kappa shape index (κ1) is 14.0. The van der Waals surface area contributed by atoms with Crippen molar-refractivity contribution in [1.29, 1.82) is 0 Å². The fourth-order valence-corrected chi connectivity index (χ4v) is 2.44. The van der Waals surface area contributed by atoms with Crippen LogP contribution in [0.5, 0.6) is 0 Å². The van der Waals surface area contributed by atoms with E-state index in [-0.39, 0.29) is 0 Å². The Morgan fingerprint density at radius 2 is 2.18 bits per heavy atom. The SMILES string of the molecule is C/C=C(\c1ccncc1C)C(CC)CCCC. The lowest BCUT2D eigenvalue weighted by Gasteiger charge is -2.20. The Kier molecular flexibility index (Phi) is 5.96. The topological polar surface area (TPSA) is 12.9 Å². The highest BCUT2D eigenvalue weighted by atomic mass is 14.6. The monoisotopic (exact) mass is 231 g/mol. The van der Waals surface area contributed by atoms with Crippen molar-refractivity contribution in [3.8, 4) is 0 Å². The molecular weight excluding hydrogens is 206 g/mol. The molecule has 0 aliphatic rings. The summed E-state index contributed by atoms with van der Waals surface area (Å²) in [5.41, 5.74) is 4.17. The first-order valence-corrected chi connectivity index (χ1v) is 6.81. The van der Waals surface area contributed by atoms with Gasteiger partial charge in [0.05, 0.1) is 0 Å². The molecule has 1 rings (SSSR count). The third kappa shape index (κ3) is 3.69. The maximum atomic E-state index is 4.18. The first-order chi connectivity index (χ1) is 8.24. The zero-order valence-electron chi connectivity index (χ0n) is 11.7. The number of aromatic nitrogens is 1. The van der Waals surface area contributed by atoms with Crippen LogP contribution in [0.2, 0.25) is 0 Å². The van der Waals surface area contributed by atoms with Crippen molar-refractivity contribution in [2.24, 2.45) is 5.92 Å². The lowest BCUT2D eigenvalue weighted by atomic mass is 9.85. The summed E-state index contributed by atoms with van der Waals surface area (Å²) in [6.45, 7) is 8.86. The highest BCUT2D eigenvalue weighted by Gasteiger charge is 2.14. The quantitative estimate of drug-likeness (QED) is 0.670. The van der Waals surface area contributed by atoms with Gasteiger partial charge in [0.15, 0.2) is 0 Å². The molecule has 0 bridgehead atoms. The minimum Gasteiger partial charge on any atom is -0.264 e. The Morgan fingerprint density at radius 3 is 2.71 bits per heavy atom. The van der Waals surface area contributed by atoms with Gasteiger partial charge in [-0.2, -0.15) is 0 Å². The van der Waals surface area contributed by atoms with Gasteiger partial charge < -0.3 is 0 Å². The van der Waals surface area contributed by atoms with E-state index in [4.69, 9.17) is 0 Å². The summed E-state index contributed by atoms with van der Waals surface area (Å²) in [5, 5.41) is 0. The van der Waals surface area contributed by atoms with Crippen LogP contribution in [0.1, 0.15) is 57.6 Å². The third-order valence-electron chi connectivity index (χ3n) is 3.48. The second-order valence-corrected chi connectivity index (χ2v) is 4.68. The maximum absolute atomic E-state index is 4.18. The zero-order valence-corrected chi connectivity index (χ0v) is 11.7. The molecule has 0 radical (unpaired) electrons. The molecule has 1 nitrogen and oxygen atoms in total. The second-order valence-electron chi connectivity index (χ2n) is 4.68. The molecule has 1 aromatic heterocycles. The molecule has 1 unspecified atom stereocenters. The predicted octanol–water partition coefficient (Wildman–Crippen LogP) is 5.01. The van der Waals surface area contributed by atoms with Crippen LogP contribution >= 0.6 is 0 Å². The number of aryl methyl sites for hydroxylation is 1. The van der Waals surface area contributed by atoms with Gasteiger partial charge in [-0.05, 0) is 55.4 Å². The van der Waals surface area contributed by atoms with E-state index in [2.05, 4.69) is 44.8 Å². The lowest BCUT2D eigenvalue weighted by molar-refractivity contribution is 0.553. The number of rotatable bonds is 6. The molecule has 0 saturated carbocycles. The van der Waals surface area contributed by atoms with Gasteiger partial charge in [-0.1, -0.05) is 32.8 Å². The van der Waals surface area contributed by atoms with Crippen LogP contribution in [0, 0.1) is 12.8 Å². The van der Waals surface area contributed by atoms with E-state index >= 15 is 0 Å². The minimum absolute atomic E-state index is 0.695. The van der Waals surface area contributed by atoms with Gasteiger partial charge >= 0.3 is 0 Å². The molecule has 0 aliphatic heterocycles. The number of hydrogen-bond donors (Lipinski definition) is 0. The molecule has 0 aliphatic carbocycles. The van der Waals surface area contributed by atoms with E-state index in [9.17, 15) is 0 Å². The predicted molar refractivity (Wildman–Crippen MR) is 75.9 cm³/mol. The lowest BCUT2D eigenvalue weighted by Crippen LogP contribution is -2.04. The van der Waals surface area contributed by atoms with Gasteiger partial charge in [0.25, 0.3) is 0 Å². The molecule has 1 heterocycles. The van der Waals surface area contributed by atoms with Crippen molar-refractivity contribution in [3.63, 3.8) is 0 Å². The summed E-state index contributed by atoms with van der Waals surface area (Å²) < 4.78 is 0. The Balaban J connectivity index is 2.94. The molecule has 0 fully saturated rings. The summed E-state index contributed by atoms with van der Waals surface area (Å²) in [7, 11) is 0. The average molecular weight is 231 g/mol. The van der Waals surface area contributed by atoms with Gasteiger partial charge in [0.2, 0.25) is 0 Å². The van der Waals surface area contributed by atoms with Crippen molar-refractivity contribution >= 4 is 5.57 Å². The molecular formula is C16H25N. The standard InChI is InChI=1S/C16H25N/c1-5-8-9-14(6-2)15(7-3)16-10-11-17-12-13(16)4/h7,10-12,14H,5-6,8-9H2,1-4H3/b15-7-. The Hall–Kier alpha value is -1.11. The highest BCUT2D eigenvalue weighted by Crippen LogP contribution is 2.31. The van der Waals surface area contributed by atoms with E-state index in [1.54, 1.807) is 0 Å². The summed E-state index contributed by atoms with van der Waals surface area (Å²) in [4.78, 5) is 4.18. The molecule has 0 spiro atoms. The van der Waals surface area contributed by atoms with Gasteiger partial charge in [-0.3, -0.25) is 4.98 Å². The van der Waals surface area contributed by atoms with Crippen LogP contribution in [0.3, 0.4) is 0 Å². The zero-order chi connectivity index (χ0) is 12.7. The van der Waals surface area contributed by atoms with Gasteiger partial charge in [0, 0.05) is 12.4 Å². The van der Waals surface area contributed by atoms with Crippen LogP contribution in [-0.4, -0.2) is 4.98 Å². The smallest absolute Gasteiger partial charge is 0.0303 e. The Bertz CT molecular complexity index is 366. The normalized spacial score (nSPS) is 13.8. The van der Waals surface area contributed by atoms with Crippen LogP contribution in [0.25, 0.3) is 5.57 Å². The number of nitrogens with zero attached hydrogens (tertiary/aromatic N) is 1. The maximum Gasteiger partial charge on any atom is 0.0303 e. The molecule has 1 aromatic rings. The second kappa shape index (κ2) is 7.26. The van der Waals surface area contributed by atoms with E-state index in [0.717, 1.165) is 0 Å². The van der Waals surface area contributed by atoms with Crippen molar-refractivity contribution < 1.29 is 0 Å². The number of allylic oxidation sites excluding steroid dienone is 2. The van der Waals surface area contributed by atoms with Crippen LogP contribution in [-0.2, 0) is 0 Å². The molecule has 17 heavy (non-hydrogen) atoms. The Labute approximate surface area is 106 Å². The minimum atomic E-state index is 0.695. The molecule has 94 valence electrons. The molecule has 0 saturated heterocycles. The molecule has 1 heteroatoms. The molecule has 0 N–H and O–H groups in total. The van der Waals surface area contributed by atoms with E-state index < -0.39 is 0 Å². The van der Waals surface area contributed by atoms with Gasteiger partial charge in [-0.15, -0.1) is 0 Å². The molecule has 0 aromatic carbocycles. The fourth-order valence-electron chi connectivity index (χ4n) is 2.44. The Morgan fingerprint density at radius 1 is 1.41 bits per heavy atom. The summed E-state index contributed by atoms with van der Waals surface area (Å²) in [6, 6.07) is 2.15. The summed E-state index contributed by atoms with van der Waals surface area (Å²) >= 11 is 0. The van der Waals surface area contributed by atoms with Crippen molar-refractivity contribution in [1.82, 2.24) is 4.98 Å². The van der Waals surface area contributed by atoms with Crippen molar-refractivity contribution in [3.05, 3.63) is 35.7 Å². The van der Waals surface area contributed by atoms with E-state index in [1.165, 1.54) is 42.4 Å². The van der Waals surface area contributed by atoms with E-state index in [0.29, 0.717) is 5.92 Å². The number of pyridine rings is 1. The largest absolute Gasteiger partial charge is 0.264 e. The van der Waals surface area contributed by atoms with E-state index in [1.807, 2.05) is 12.4 Å². The number of unbranched alkanes of at least 4 members (excludes halogenated alkanes) is 1. The average Bonchev–Trinajstić information content (AvgIpc) is 2.36. The fraction of sp³-hybridized carbons (Fsp3) is 0.562. The summed E-state index contributed by atoms with van der Waals surface area (Å²) in [5.74, 6) is 0.695. The van der Waals surface area contributed by atoms with Crippen LogP contribution in [0.4, 0.5) is 0 Å². The van der Waals surface area contributed by atoms with Crippen LogP contribution < -0.4 is 0 Å². The van der Waals surface area contributed by atoms with Crippen molar-refractivity contribution in [2.45, 2.75) is 53.4 Å². The number of hydrogen-bond acceptors (Lipinski definition) is 1. The molecule has 0 amide bonds. The van der Waals surface area contributed by atoms with Gasteiger partial charge in [-0.25, -0.2) is 0 Å². The highest BCUT2D eigenvalue weighted by molar-refractivity contribution is 5.69. The van der Waals surface area contributed by atoms with Gasteiger partial charge in [0.1, 0.15) is 0 Å². The van der Waals surface area contributed by atoms with Crippen LogP contribution in [0.15, 0.2) is 24.5 Å².